The molecule has 0 amide bonds. The van der Waals surface area contributed by atoms with Crippen molar-refractivity contribution in [3.63, 3.8) is 0 Å². The van der Waals surface area contributed by atoms with Crippen LogP contribution in [0.3, 0.4) is 0 Å². The highest BCUT2D eigenvalue weighted by molar-refractivity contribution is 5.40. The van der Waals surface area contributed by atoms with Gasteiger partial charge in [-0.15, -0.1) is 0 Å². The Labute approximate surface area is 122 Å². The summed E-state index contributed by atoms with van der Waals surface area (Å²) in [6.07, 6.45) is 6.64. The van der Waals surface area contributed by atoms with Gasteiger partial charge in [0.25, 0.3) is 0 Å². The van der Waals surface area contributed by atoms with Gasteiger partial charge in [-0.2, -0.15) is 0 Å². The lowest BCUT2D eigenvalue weighted by Crippen LogP contribution is -2.29. The first-order valence-electron chi connectivity index (χ1n) is 8.07. The third-order valence-electron chi connectivity index (χ3n) is 5.01. The minimum atomic E-state index is 0.386. The Morgan fingerprint density at radius 3 is 3.05 bits per heavy atom. The monoisotopic (exact) mass is 273 g/mol. The Balaban J connectivity index is 1.60. The molecule has 1 N–H and O–H groups in total. The summed E-state index contributed by atoms with van der Waals surface area (Å²) < 4.78 is 6.16. The third kappa shape index (κ3) is 2.85. The second-order valence-electron chi connectivity index (χ2n) is 7.07. The summed E-state index contributed by atoms with van der Waals surface area (Å²) in [6, 6.07) is 7.30. The van der Waals surface area contributed by atoms with E-state index in [1.807, 2.05) is 0 Å². The van der Waals surface area contributed by atoms with Crippen LogP contribution in [0.15, 0.2) is 18.2 Å². The SMILES string of the molecule is CCNC1CCC(C)(CC2Cc3cc(C)ccc3O2)C1. The van der Waals surface area contributed by atoms with Crippen LogP contribution in [-0.2, 0) is 6.42 Å². The standard InChI is InChI=1S/C18H27NO/c1-4-19-15-7-8-18(3,11-15)12-16-10-14-9-13(2)5-6-17(14)20-16/h5-6,9,15-16,19H,4,7-8,10-12H2,1-3H3. The molecule has 0 spiro atoms. The molecule has 0 radical (unpaired) electrons. The number of nitrogens with one attached hydrogen (secondary N) is 1. The van der Waals surface area contributed by atoms with E-state index in [1.54, 1.807) is 0 Å². The van der Waals surface area contributed by atoms with Gasteiger partial charge in [-0.3, -0.25) is 0 Å². The number of benzene rings is 1. The Bertz CT molecular complexity index is 484. The molecule has 0 aromatic heterocycles. The Kier molecular flexibility index (Phi) is 3.76. The first kappa shape index (κ1) is 13.9. The molecule has 0 saturated heterocycles. The lowest BCUT2D eigenvalue weighted by Gasteiger charge is -2.27. The van der Waals surface area contributed by atoms with E-state index >= 15 is 0 Å². The van der Waals surface area contributed by atoms with Crippen molar-refractivity contribution >= 4 is 0 Å². The molecule has 3 rings (SSSR count). The number of ether oxygens (including phenoxy) is 1. The molecule has 110 valence electrons. The Morgan fingerprint density at radius 2 is 2.25 bits per heavy atom. The smallest absolute Gasteiger partial charge is 0.123 e. The van der Waals surface area contributed by atoms with Crippen molar-refractivity contribution in [1.82, 2.24) is 5.32 Å². The van der Waals surface area contributed by atoms with Gasteiger partial charge in [0.15, 0.2) is 0 Å². The minimum absolute atomic E-state index is 0.386. The Hall–Kier alpha value is -1.02. The molecule has 3 unspecified atom stereocenters. The molecular formula is C18H27NO. The van der Waals surface area contributed by atoms with Crippen LogP contribution in [0, 0.1) is 12.3 Å². The zero-order valence-electron chi connectivity index (χ0n) is 13.0. The highest BCUT2D eigenvalue weighted by Gasteiger charge is 2.38. The molecule has 1 aromatic carbocycles. The van der Waals surface area contributed by atoms with E-state index < -0.39 is 0 Å². The third-order valence-corrected chi connectivity index (χ3v) is 5.01. The fraction of sp³-hybridized carbons (Fsp3) is 0.667. The molecular weight excluding hydrogens is 246 g/mol. The molecule has 1 aromatic rings. The Morgan fingerprint density at radius 1 is 1.40 bits per heavy atom. The molecule has 1 heterocycles. The summed E-state index contributed by atoms with van der Waals surface area (Å²) in [5, 5.41) is 3.61. The molecule has 20 heavy (non-hydrogen) atoms. The van der Waals surface area contributed by atoms with Gasteiger partial charge in [0.05, 0.1) is 0 Å². The van der Waals surface area contributed by atoms with Crippen LogP contribution in [0.4, 0.5) is 0 Å². The zero-order valence-corrected chi connectivity index (χ0v) is 13.0. The molecule has 1 saturated carbocycles. The first-order valence-corrected chi connectivity index (χ1v) is 8.07. The van der Waals surface area contributed by atoms with E-state index in [0.717, 1.165) is 24.8 Å². The van der Waals surface area contributed by atoms with Gasteiger partial charge in [0.2, 0.25) is 0 Å². The summed E-state index contributed by atoms with van der Waals surface area (Å²) in [6.45, 7) is 7.90. The van der Waals surface area contributed by atoms with Crippen molar-refractivity contribution in [3.05, 3.63) is 29.3 Å². The van der Waals surface area contributed by atoms with E-state index in [1.165, 1.54) is 36.8 Å². The number of fused-ring (bicyclic) bond motifs is 1. The maximum atomic E-state index is 6.16. The second kappa shape index (κ2) is 5.40. The quantitative estimate of drug-likeness (QED) is 0.899. The largest absolute Gasteiger partial charge is 0.490 e. The van der Waals surface area contributed by atoms with Crippen LogP contribution in [0.25, 0.3) is 0 Å². The normalized spacial score (nSPS) is 32.1. The van der Waals surface area contributed by atoms with Gasteiger partial charge in [-0.1, -0.05) is 31.5 Å². The van der Waals surface area contributed by atoms with Crippen LogP contribution < -0.4 is 10.1 Å². The van der Waals surface area contributed by atoms with Crippen molar-refractivity contribution in [3.8, 4) is 5.75 Å². The fourth-order valence-corrected chi connectivity index (χ4v) is 4.08. The van der Waals surface area contributed by atoms with E-state index in [9.17, 15) is 0 Å². The van der Waals surface area contributed by atoms with Gasteiger partial charge in [-0.25, -0.2) is 0 Å². The van der Waals surface area contributed by atoms with E-state index in [0.29, 0.717) is 11.5 Å². The molecule has 2 heteroatoms. The summed E-state index contributed by atoms with van der Waals surface area (Å²) in [7, 11) is 0. The van der Waals surface area contributed by atoms with Crippen molar-refractivity contribution in [2.24, 2.45) is 5.41 Å². The summed E-state index contributed by atoms with van der Waals surface area (Å²) in [4.78, 5) is 0. The highest BCUT2D eigenvalue weighted by Crippen LogP contribution is 2.44. The van der Waals surface area contributed by atoms with Crippen molar-refractivity contribution in [2.45, 2.75) is 65.0 Å². The van der Waals surface area contributed by atoms with Crippen LogP contribution in [0.1, 0.15) is 50.7 Å². The van der Waals surface area contributed by atoms with E-state index in [4.69, 9.17) is 4.74 Å². The molecule has 1 aliphatic carbocycles. The van der Waals surface area contributed by atoms with Crippen LogP contribution in [0.2, 0.25) is 0 Å². The topological polar surface area (TPSA) is 21.3 Å². The average molecular weight is 273 g/mol. The van der Waals surface area contributed by atoms with E-state index in [2.05, 4.69) is 44.3 Å². The molecule has 2 aliphatic rings. The lowest BCUT2D eigenvalue weighted by atomic mass is 9.82. The summed E-state index contributed by atoms with van der Waals surface area (Å²) >= 11 is 0. The molecule has 1 aliphatic heterocycles. The maximum absolute atomic E-state index is 6.16. The number of hydrogen-bond donors (Lipinski definition) is 1. The second-order valence-corrected chi connectivity index (χ2v) is 7.07. The number of aryl methyl sites for hydroxylation is 1. The van der Waals surface area contributed by atoms with Gasteiger partial charge >= 0.3 is 0 Å². The molecule has 2 nitrogen and oxygen atoms in total. The predicted octanol–water partition coefficient (Wildman–Crippen LogP) is 3.86. The summed E-state index contributed by atoms with van der Waals surface area (Å²) in [5.74, 6) is 1.12. The number of hydrogen-bond acceptors (Lipinski definition) is 2. The molecule has 0 bridgehead atoms. The first-order chi connectivity index (χ1) is 9.58. The van der Waals surface area contributed by atoms with Crippen molar-refractivity contribution in [1.29, 1.82) is 0 Å². The van der Waals surface area contributed by atoms with E-state index in [-0.39, 0.29) is 0 Å². The van der Waals surface area contributed by atoms with Crippen LogP contribution >= 0.6 is 0 Å². The average Bonchev–Trinajstić information content (AvgIpc) is 2.93. The lowest BCUT2D eigenvalue weighted by molar-refractivity contribution is 0.147. The number of rotatable bonds is 4. The molecule has 1 fully saturated rings. The van der Waals surface area contributed by atoms with Crippen molar-refractivity contribution in [2.75, 3.05) is 6.54 Å². The summed E-state index contributed by atoms with van der Waals surface area (Å²) in [5.41, 5.74) is 3.20. The zero-order chi connectivity index (χ0) is 14.2. The van der Waals surface area contributed by atoms with Gasteiger partial charge in [-0.05, 0) is 56.2 Å². The maximum Gasteiger partial charge on any atom is 0.123 e. The fourth-order valence-electron chi connectivity index (χ4n) is 4.08. The van der Waals surface area contributed by atoms with Gasteiger partial charge in [0, 0.05) is 12.5 Å². The highest BCUT2D eigenvalue weighted by atomic mass is 16.5. The van der Waals surface area contributed by atoms with Gasteiger partial charge in [0.1, 0.15) is 11.9 Å². The van der Waals surface area contributed by atoms with Gasteiger partial charge < -0.3 is 10.1 Å². The van der Waals surface area contributed by atoms with Crippen LogP contribution in [0.5, 0.6) is 5.75 Å². The van der Waals surface area contributed by atoms with Crippen molar-refractivity contribution < 1.29 is 4.74 Å². The minimum Gasteiger partial charge on any atom is -0.490 e. The molecule has 3 atom stereocenters. The predicted molar refractivity (Wildman–Crippen MR) is 83.3 cm³/mol. The van der Waals surface area contributed by atoms with Crippen LogP contribution in [-0.4, -0.2) is 18.7 Å².